The predicted octanol–water partition coefficient (Wildman–Crippen LogP) is 3.06. The van der Waals surface area contributed by atoms with Crippen LogP contribution in [0.1, 0.15) is 11.1 Å². The van der Waals surface area contributed by atoms with Crippen molar-refractivity contribution >= 4 is 17.9 Å². The van der Waals surface area contributed by atoms with Gasteiger partial charge in [0.2, 0.25) is 5.90 Å². The summed E-state index contributed by atoms with van der Waals surface area (Å²) in [4.78, 5) is 16.4. The van der Waals surface area contributed by atoms with E-state index in [1.807, 2.05) is 24.3 Å². The Morgan fingerprint density at radius 2 is 1.48 bits per heavy atom. The van der Waals surface area contributed by atoms with Crippen LogP contribution in [0.5, 0.6) is 17.2 Å². The van der Waals surface area contributed by atoms with Crippen LogP contribution < -0.4 is 14.2 Å². The van der Waals surface area contributed by atoms with Crippen LogP contribution in [0, 0.1) is 0 Å². The van der Waals surface area contributed by atoms with Crippen molar-refractivity contribution in [2.75, 3.05) is 21.3 Å². The topological polar surface area (TPSA) is 66.3 Å². The molecule has 0 fully saturated rings. The molecule has 0 amide bonds. The van der Waals surface area contributed by atoms with Gasteiger partial charge in [-0.05, 0) is 35.9 Å². The zero-order chi connectivity index (χ0) is 17.8. The third-order valence-corrected chi connectivity index (χ3v) is 3.64. The molecule has 0 saturated heterocycles. The summed E-state index contributed by atoms with van der Waals surface area (Å²) in [5.41, 5.74) is 1.64. The first-order valence-electron chi connectivity index (χ1n) is 7.53. The predicted molar refractivity (Wildman–Crippen MR) is 93.1 cm³/mol. The number of esters is 1. The highest BCUT2D eigenvalue weighted by Crippen LogP contribution is 2.26. The third kappa shape index (κ3) is 3.63. The van der Waals surface area contributed by atoms with E-state index in [0.29, 0.717) is 17.1 Å². The summed E-state index contributed by atoms with van der Waals surface area (Å²) in [7, 11) is 4.70. The Balaban J connectivity index is 1.93. The van der Waals surface area contributed by atoms with Crippen molar-refractivity contribution in [2.24, 2.45) is 4.99 Å². The lowest BCUT2D eigenvalue weighted by atomic mass is 10.2. The number of nitrogens with zero attached hydrogens (tertiary/aromatic N) is 1. The Morgan fingerprint density at radius 3 is 2.04 bits per heavy atom. The van der Waals surface area contributed by atoms with E-state index >= 15 is 0 Å². The van der Waals surface area contributed by atoms with Crippen LogP contribution in [-0.2, 0) is 9.53 Å². The van der Waals surface area contributed by atoms with Crippen molar-refractivity contribution in [3.63, 3.8) is 0 Å². The minimum absolute atomic E-state index is 0.210. The summed E-state index contributed by atoms with van der Waals surface area (Å²) in [6, 6.07) is 12.5. The monoisotopic (exact) mass is 339 g/mol. The van der Waals surface area contributed by atoms with Crippen LogP contribution in [0.3, 0.4) is 0 Å². The minimum Gasteiger partial charge on any atom is -0.497 e. The van der Waals surface area contributed by atoms with E-state index in [2.05, 4.69) is 4.99 Å². The average molecular weight is 339 g/mol. The second kappa shape index (κ2) is 7.09. The quantitative estimate of drug-likeness (QED) is 0.619. The molecule has 0 saturated carbocycles. The first-order chi connectivity index (χ1) is 12.1. The normalized spacial score (nSPS) is 14.9. The van der Waals surface area contributed by atoms with Gasteiger partial charge in [0.1, 0.15) is 17.2 Å². The number of aliphatic imine (C=N–C) groups is 1. The zero-order valence-electron chi connectivity index (χ0n) is 14.1. The molecule has 6 heteroatoms. The molecule has 1 aliphatic rings. The maximum atomic E-state index is 12.1. The van der Waals surface area contributed by atoms with Crippen molar-refractivity contribution in [3.8, 4) is 17.2 Å². The Morgan fingerprint density at radius 1 is 0.880 bits per heavy atom. The van der Waals surface area contributed by atoms with E-state index in [1.54, 1.807) is 45.6 Å². The summed E-state index contributed by atoms with van der Waals surface area (Å²) in [6.07, 6.45) is 1.66. The molecule has 0 aromatic heterocycles. The molecule has 25 heavy (non-hydrogen) atoms. The van der Waals surface area contributed by atoms with E-state index in [1.165, 1.54) is 0 Å². The van der Waals surface area contributed by atoms with Crippen molar-refractivity contribution in [3.05, 3.63) is 59.3 Å². The van der Waals surface area contributed by atoms with Gasteiger partial charge in [-0.2, -0.15) is 0 Å². The van der Waals surface area contributed by atoms with Crippen molar-refractivity contribution in [2.45, 2.75) is 0 Å². The highest BCUT2D eigenvalue weighted by Gasteiger charge is 2.25. The van der Waals surface area contributed by atoms with Gasteiger partial charge in [-0.3, -0.25) is 0 Å². The van der Waals surface area contributed by atoms with Gasteiger partial charge in [-0.1, -0.05) is 12.1 Å². The van der Waals surface area contributed by atoms with Crippen LogP contribution in [0.2, 0.25) is 0 Å². The van der Waals surface area contributed by atoms with Gasteiger partial charge < -0.3 is 18.9 Å². The van der Waals surface area contributed by atoms with Gasteiger partial charge in [-0.15, -0.1) is 0 Å². The summed E-state index contributed by atoms with van der Waals surface area (Å²) < 4.78 is 20.9. The molecule has 1 heterocycles. The lowest BCUT2D eigenvalue weighted by Gasteiger charge is -2.07. The van der Waals surface area contributed by atoms with Crippen LogP contribution in [0.4, 0.5) is 0 Å². The van der Waals surface area contributed by atoms with E-state index in [9.17, 15) is 4.79 Å². The second-order valence-corrected chi connectivity index (χ2v) is 5.21. The van der Waals surface area contributed by atoms with Gasteiger partial charge in [0, 0.05) is 11.6 Å². The molecule has 0 radical (unpaired) electrons. The minimum atomic E-state index is -0.507. The molecular formula is C19H17NO5. The van der Waals surface area contributed by atoms with E-state index < -0.39 is 5.97 Å². The van der Waals surface area contributed by atoms with Crippen molar-refractivity contribution < 1.29 is 23.7 Å². The Labute approximate surface area is 145 Å². The molecule has 0 unspecified atom stereocenters. The fourth-order valence-electron chi connectivity index (χ4n) is 2.32. The molecule has 0 atom stereocenters. The first kappa shape index (κ1) is 16.6. The second-order valence-electron chi connectivity index (χ2n) is 5.21. The van der Waals surface area contributed by atoms with E-state index in [4.69, 9.17) is 18.9 Å². The molecule has 6 nitrogen and oxygen atoms in total. The lowest BCUT2D eigenvalue weighted by Crippen LogP contribution is -2.06. The zero-order valence-corrected chi connectivity index (χ0v) is 14.1. The summed E-state index contributed by atoms with van der Waals surface area (Å²) >= 11 is 0. The number of ether oxygens (including phenoxy) is 4. The van der Waals surface area contributed by atoms with E-state index in [0.717, 1.165) is 11.3 Å². The summed E-state index contributed by atoms with van der Waals surface area (Å²) in [6.45, 7) is 0. The molecule has 0 aliphatic carbocycles. The van der Waals surface area contributed by atoms with Crippen LogP contribution in [0.15, 0.2) is 53.2 Å². The number of methoxy groups -OCH3 is 3. The first-order valence-corrected chi connectivity index (χ1v) is 7.53. The highest BCUT2D eigenvalue weighted by atomic mass is 16.6. The number of hydrogen-bond donors (Lipinski definition) is 0. The third-order valence-electron chi connectivity index (χ3n) is 3.64. The maximum Gasteiger partial charge on any atom is 0.363 e. The molecule has 128 valence electrons. The molecule has 0 N–H and O–H groups in total. The number of rotatable bonds is 5. The Kier molecular flexibility index (Phi) is 4.70. The van der Waals surface area contributed by atoms with Gasteiger partial charge >= 0.3 is 5.97 Å². The molecule has 3 rings (SSSR count). The van der Waals surface area contributed by atoms with Crippen LogP contribution in [-0.4, -0.2) is 33.2 Å². The fourth-order valence-corrected chi connectivity index (χ4v) is 2.32. The Hall–Kier alpha value is -3.28. The molecule has 2 aromatic carbocycles. The largest absolute Gasteiger partial charge is 0.497 e. The fraction of sp³-hybridized carbons (Fsp3) is 0.158. The number of cyclic esters (lactones) is 1. The van der Waals surface area contributed by atoms with Crippen LogP contribution >= 0.6 is 0 Å². The molecular weight excluding hydrogens is 322 g/mol. The van der Waals surface area contributed by atoms with Gasteiger partial charge in [0.15, 0.2) is 5.70 Å². The average Bonchev–Trinajstić information content (AvgIpc) is 3.02. The lowest BCUT2D eigenvalue weighted by molar-refractivity contribution is -0.129. The highest BCUT2D eigenvalue weighted by molar-refractivity contribution is 6.13. The smallest absolute Gasteiger partial charge is 0.363 e. The van der Waals surface area contributed by atoms with E-state index in [-0.39, 0.29) is 11.6 Å². The Bertz CT molecular complexity index is 830. The summed E-state index contributed by atoms with van der Waals surface area (Å²) in [5, 5.41) is 0. The number of hydrogen-bond acceptors (Lipinski definition) is 6. The molecule has 0 spiro atoms. The molecule has 0 bridgehead atoms. The molecule has 2 aromatic rings. The summed E-state index contributed by atoms with van der Waals surface area (Å²) in [5.74, 6) is 1.61. The standard InChI is InChI=1S/C19H17NO5/c1-22-14-6-4-12(5-7-14)8-17-19(21)25-18(20-17)13-9-15(23-2)11-16(10-13)24-3/h4-11H,1-3H3/b17-8+. The maximum absolute atomic E-state index is 12.1. The SMILES string of the molecule is COc1ccc(/C=C2/N=C(c3cc(OC)cc(OC)c3)OC2=O)cc1. The van der Waals surface area contributed by atoms with Gasteiger partial charge in [0.05, 0.1) is 21.3 Å². The number of benzene rings is 2. The number of carbonyl (C=O) groups is 1. The van der Waals surface area contributed by atoms with Crippen molar-refractivity contribution in [1.29, 1.82) is 0 Å². The molecule has 1 aliphatic heterocycles. The van der Waals surface area contributed by atoms with Crippen LogP contribution in [0.25, 0.3) is 6.08 Å². The van der Waals surface area contributed by atoms with Gasteiger partial charge in [0.25, 0.3) is 0 Å². The van der Waals surface area contributed by atoms with Crippen molar-refractivity contribution in [1.82, 2.24) is 0 Å². The number of carbonyl (C=O) groups excluding carboxylic acids is 1. The van der Waals surface area contributed by atoms with Gasteiger partial charge in [-0.25, -0.2) is 9.79 Å².